The highest BCUT2D eigenvalue weighted by Crippen LogP contribution is 2.38. The lowest BCUT2D eigenvalue weighted by Gasteiger charge is -2.29. The molecule has 372 valence electrons. The number of aliphatic hydroxyl groups excluding tert-OH is 1. The Hall–Kier alpha value is -2.06. The minimum absolute atomic E-state index is 0.00653. The van der Waals surface area contributed by atoms with Crippen LogP contribution in [0.4, 0.5) is 0 Å². The van der Waals surface area contributed by atoms with Gasteiger partial charge in [-0.1, -0.05) is 222 Å². The number of unbranched alkanes of at least 4 members (excludes halogenated alkanes) is 24. The molecule has 2 N–H and O–H groups in total. The number of hydrogen-bond donors (Lipinski definition) is 2. The minimum atomic E-state index is -4.60. The molecular formula is C55H101N2O6P. The van der Waals surface area contributed by atoms with Gasteiger partial charge in [-0.2, -0.15) is 0 Å². The van der Waals surface area contributed by atoms with Gasteiger partial charge in [0.25, 0.3) is 7.82 Å². The van der Waals surface area contributed by atoms with Gasteiger partial charge in [0, 0.05) is 6.42 Å². The van der Waals surface area contributed by atoms with E-state index in [1.165, 1.54) is 116 Å². The van der Waals surface area contributed by atoms with Gasteiger partial charge in [0.2, 0.25) is 5.91 Å². The Bertz CT molecular complexity index is 1270. The molecule has 0 radical (unpaired) electrons. The normalized spacial score (nSPS) is 14.7. The Balaban J connectivity index is 4.34. The number of hydrogen-bond acceptors (Lipinski definition) is 6. The van der Waals surface area contributed by atoms with Crippen LogP contribution in [0.2, 0.25) is 0 Å². The van der Waals surface area contributed by atoms with Gasteiger partial charge >= 0.3 is 0 Å². The second-order valence-corrected chi connectivity index (χ2v) is 20.3. The molecule has 8 nitrogen and oxygen atoms in total. The van der Waals surface area contributed by atoms with Crippen molar-refractivity contribution in [3.63, 3.8) is 0 Å². The third-order valence-electron chi connectivity index (χ3n) is 11.4. The maximum absolute atomic E-state index is 12.9. The zero-order valence-electron chi connectivity index (χ0n) is 42.2. The zero-order chi connectivity index (χ0) is 47.1. The second kappa shape index (κ2) is 46.1. The molecule has 0 aromatic heterocycles. The third kappa shape index (κ3) is 47.9. The summed E-state index contributed by atoms with van der Waals surface area (Å²) in [6.07, 6.45) is 62.4. The summed E-state index contributed by atoms with van der Waals surface area (Å²) in [6, 6.07) is -0.897. The number of amides is 1. The first kappa shape index (κ1) is 61.9. The van der Waals surface area contributed by atoms with Gasteiger partial charge in [-0.05, 0) is 64.2 Å². The molecule has 0 aliphatic rings. The molecule has 0 fully saturated rings. The summed E-state index contributed by atoms with van der Waals surface area (Å²) < 4.78 is 23.3. The van der Waals surface area contributed by atoms with E-state index < -0.39 is 20.0 Å². The van der Waals surface area contributed by atoms with Crippen molar-refractivity contribution in [1.29, 1.82) is 0 Å². The van der Waals surface area contributed by atoms with Crippen molar-refractivity contribution in [1.82, 2.24) is 5.32 Å². The van der Waals surface area contributed by atoms with Crippen molar-refractivity contribution in [2.75, 3.05) is 40.9 Å². The SMILES string of the molecule is CC/C=C\C/C=C\C/C=C\C/C=C\C/C=C\CCCCCCCCCC(=O)NC(COP(=O)([O-])OCC[N+](C)(C)C)C(O)/C=C/CCCCCCCCCCCCCCCCCCC. The van der Waals surface area contributed by atoms with Gasteiger partial charge in [0.15, 0.2) is 0 Å². The number of nitrogens with zero attached hydrogens (tertiary/aromatic N) is 1. The number of phosphoric ester groups is 1. The molecule has 0 saturated carbocycles. The fraction of sp³-hybridized carbons (Fsp3) is 0.764. The highest BCUT2D eigenvalue weighted by atomic mass is 31.2. The van der Waals surface area contributed by atoms with Crippen LogP contribution in [0.15, 0.2) is 72.9 Å². The van der Waals surface area contributed by atoms with Crippen LogP contribution in [0.1, 0.15) is 219 Å². The maximum atomic E-state index is 12.9. The molecule has 0 aromatic carbocycles. The van der Waals surface area contributed by atoms with Crippen LogP contribution in [-0.4, -0.2) is 68.5 Å². The van der Waals surface area contributed by atoms with E-state index in [0.29, 0.717) is 17.4 Å². The van der Waals surface area contributed by atoms with Crippen molar-refractivity contribution in [2.24, 2.45) is 0 Å². The predicted molar refractivity (Wildman–Crippen MR) is 274 cm³/mol. The van der Waals surface area contributed by atoms with Crippen molar-refractivity contribution >= 4 is 13.7 Å². The van der Waals surface area contributed by atoms with Crippen molar-refractivity contribution < 1.29 is 32.9 Å². The predicted octanol–water partition coefficient (Wildman–Crippen LogP) is 14.9. The number of rotatable bonds is 47. The molecule has 0 aliphatic carbocycles. The standard InChI is InChI=1S/C55H101N2O6P/c1-6-8-10-12-14-16-18-20-22-24-26-27-28-29-31-33-35-37-39-41-43-45-47-49-55(59)56-53(52-63-64(60,61)62-51-50-57(3,4)5)54(58)48-46-44-42-40-38-36-34-32-30-25-23-21-19-17-15-13-11-9-7-2/h8,10,14,16,20,22,26-27,29,31,46,48,53-54,58H,6-7,9,11-13,15,17-19,21,23-25,28,30,32-45,47,49-52H2,1-5H3,(H-,56,59,60,61)/b10-8-,16-14-,22-20-,27-26-,31-29-,48-46+. The Morgan fingerprint density at radius 3 is 1.39 bits per heavy atom. The smallest absolute Gasteiger partial charge is 0.268 e. The molecule has 0 aliphatic heterocycles. The van der Waals surface area contributed by atoms with E-state index in [9.17, 15) is 19.4 Å². The van der Waals surface area contributed by atoms with Crippen LogP contribution < -0.4 is 10.2 Å². The van der Waals surface area contributed by atoms with Crippen LogP contribution in [-0.2, 0) is 18.4 Å². The number of carbonyl (C=O) groups excluding carboxylic acids is 1. The van der Waals surface area contributed by atoms with Crippen molar-refractivity contribution in [2.45, 2.75) is 231 Å². The first-order valence-electron chi connectivity index (χ1n) is 26.3. The van der Waals surface area contributed by atoms with E-state index in [0.717, 1.165) is 83.5 Å². The first-order chi connectivity index (χ1) is 31.0. The van der Waals surface area contributed by atoms with Crippen LogP contribution >= 0.6 is 7.82 Å². The van der Waals surface area contributed by atoms with Crippen LogP contribution in [0.3, 0.4) is 0 Å². The zero-order valence-corrected chi connectivity index (χ0v) is 43.1. The van der Waals surface area contributed by atoms with Crippen LogP contribution in [0.25, 0.3) is 0 Å². The fourth-order valence-corrected chi connectivity index (χ4v) is 8.02. The average molecular weight is 917 g/mol. The number of carbonyl (C=O) groups is 1. The van der Waals surface area contributed by atoms with Crippen LogP contribution in [0, 0.1) is 0 Å². The molecule has 0 heterocycles. The Morgan fingerprint density at radius 2 is 0.953 bits per heavy atom. The lowest BCUT2D eigenvalue weighted by Crippen LogP contribution is -2.45. The van der Waals surface area contributed by atoms with Gasteiger partial charge in [-0.15, -0.1) is 0 Å². The number of nitrogens with one attached hydrogen (secondary N) is 1. The highest BCUT2D eigenvalue weighted by Gasteiger charge is 2.23. The molecule has 3 atom stereocenters. The molecule has 0 bridgehead atoms. The molecule has 0 aromatic rings. The summed E-state index contributed by atoms with van der Waals surface area (Å²) in [5.74, 6) is -0.210. The van der Waals surface area contributed by atoms with Gasteiger partial charge < -0.3 is 28.8 Å². The monoisotopic (exact) mass is 917 g/mol. The van der Waals surface area contributed by atoms with Gasteiger partial charge in [-0.25, -0.2) is 0 Å². The summed E-state index contributed by atoms with van der Waals surface area (Å²) >= 11 is 0. The molecule has 64 heavy (non-hydrogen) atoms. The number of likely N-dealkylation sites (N-methyl/N-ethyl adjacent to an activating group) is 1. The summed E-state index contributed by atoms with van der Waals surface area (Å²) in [5, 5.41) is 13.9. The van der Waals surface area contributed by atoms with Gasteiger partial charge in [0.1, 0.15) is 13.2 Å². The number of allylic oxidation sites excluding steroid dienone is 11. The number of quaternary nitrogens is 1. The summed E-state index contributed by atoms with van der Waals surface area (Å²) in [4.78, 5) is 25.4. The molecule has 0 spiro atoms. The van der Waals surface area contributed by atoms with E-state index in [1.807, 2.05) is 27.2 Å². The molecule has 3 unspecified atom stereocenters. The lowest BCUT2D eigenvalue weighted by atomic mass is 10.0. The van der Waals surface area contributed by atoms with Crippen molar-refractivity contribution in [3.8, 4) is 0 Å². The maximum Gasteiger partial charge on any atom is 0.268 e. The Morgan fingerprint density at radius 1 is 0.562 bits per heavy atom. The Labute approximate surface area is 395 Å². The van der Waals surface area contributed by atoms with Gasteiger partial charge in [-0.3, -0.25) is 9.36 Å². The summed E-state index contributed by atoms with van der Waals surface area (Å²) in [6.45, 7) is 4.53. The second-order valence-electron chi connectivity index (χ2n) is 18.9. The third-order valence-corrected chi connectivity index (χ3v) is 12.4. The Kier molecular flexibility index (Phi) is 44.6. The molecule has 1 amide bonds. The summed E-state index contributed by atoms with van der Waals surface area (Å²) in [7, 11) is 1.25. The number of phosphoric acid groups is 1. The average Bonchev–Trinajstić information content (AvgIpc) is 3.25. The van der Waals surface area contributed by atoms with Crippen LogP contribution in [0.5, 0.6) is 0 Å². The molecule has 0 saturated heterocycles. The van der Waals surface area contributed by atoms with Gasteiger partial charge in [0.05, 0.1) is 39.9 Å². The fourth-order valence-electron chi connectivity index (χ4n) is 7.30. The quantitative estimate of drug-likeness (QED) is 0.0272. The van der Waals surface area contributed by atoms with E-state index in [4.69, 9.17) is 9.05 Å². The summed E-state index contributed by atoms with van der Waals surface area (Å²) in [5.41, 5.74) is 0. The van der Waals surface area contributed by atoms with E-state index in [-0.39, 0.29) is 19.1 Å². The van der Waals surface area contributed by atoms with E-state index >= 15 is 0 Å². The lowest BCUT2D eigenvalue weighted by molar-refractivity contribution is -0.870. The minimum Gasteiger partial charge on any atom is -0.756 e. The van der Waals surface area contributed by atoms with E-state index in [2.05, 4.69) is 79.9 Å². The molecule has 9 heteroatoms. The molecule has 0 rings (SSSR count). The highest BCUT2D eigenvalue weighted by molar-refractivity contribution is 7.45. The number of aliphatic hydroxyl groups is 1. The first-order valence-corrected chi connectivity index (χ1v) is 27.8. The topological polar surface area (TPSA) is 108 Å². The largest absolute Gasteiger partial charge is 0.756 e. The van der Waals surface area contributed by atoms with Crippen molar-refractivity contribution in [3.05, 3.63) is 72.9 Å². The van der Waals surface area contributed by atoms with E-state index in [1.54, 1.807) is 6.08 Å². The molecular weight excluding hydrogens is 816 g/mol.